The lowest BCUT2D eigenvalue weighted by molar-refractivity contribution is -0.110. The molecule has 0 fully saturated rings. The molecule has 2 amide bonds. The third kappa shape index (κ3) is 3.89. The molecule has 0 spiro atoms. The van der Waals surface area contributed by atoms with Gasteiger partial charge in [-0.25, -0.2) is 4.98 Å². The number of hydrogen-bond acceptors (Lipinski definition) is 4. The van der Waals surface area contributed by atoms with Crippen molar-refractivity contribution in [3.63, 3.8) is 0 Å². The predicted octanol–water partition coefficient (Wildman–Crippen LogP) is 2.46. The number of carbonyl (C=O) groups is 2. The molecule has 0 aromatic carbocycles. The Hall–Kier alpha value is -2.64. The van der Waals surface area contributed by atoms with E-state index in [0.29, 0.717) is 39.8 Å². The summed E-state index contributed by atoms with van der Waals surface area (Å²) in [4.78, 5) is 34.2. The number of pyridine rings is 1. The van der Waals surface area contributed by atoms with Crippen LogP contribution in [0.4, 0.5) is 5.82 Å². The van der Waals surface area contributed by atoms with E-state index in [1.54, 1.807) is 12.1 Å². The highest BCUT2D eigenvalue weighted by Gasteiger charge is 2.27. The van der Waals surface area contributed by atoms with Gasteiger partial charge in [0.15, 0.2) is 0 Å². The average Bonchev–Trinajstić information content (AvgIpc) is 3.04. The minimum Gasteiger partial charge on any atom is -0.358 e. The summed E-state index contributed by atoms with van der Waals surface area (Å²) in [5, 5.41) is 6.10. The summed E-state index contributed by atoms with van der Waals surface area (Å²) in [5.74, 6) is 0.107. The molecule has 1 aliphatic heterocycles. The zero-order chi connectivity index (χ0) is 19.7. The first-order valence-electron chi connectivity index (χ1n) is 8.59. The molecule has 0 radical (unpaired) electrons. The zero-order valence-electron chi connectivity index (χ0n) is 15.7. The van der Waals surface area contributed by atoms with Crippen LogP contribution in [-0.2, 0) is 4.79 Å². The summed E-state index contributed by atoms with van der Waals surface area (Å²) in [6.07, 6.45) is 3.22. The number of halogens is 1. The molecule has 27 heavy (non-hydrogen) atoms. The Balaban J connectivity index is 1.91. The molecule has 2 aromatic rings. The molecule has 0 saturated heterocycles. The Bertz CT molecular complexity index is 946. The van der Waals surface area contributed by atoms with Crippen LogP contribution in [0.5, 0.6) is 0 Å². The van der Waals surface area contributed by atoms with Gasteiger partial charge in [0.2, 0.25) is 0 Å². The molecule has 2 aromatic heterocycles. The van der Waals surface area contributed by atoms with Crippen LogP contribution in [0.2, 0.25) is 5.02 Å². The number of aromatic amines is 1. The van der Waals surface area contributed by atoms with Crippen LogP contribution >= 0.6 is 11.6 Å². The van der Waals surface area contributed by atoms with Crippen LogP contribution in [0.15, 0.2) is 12.3 Å². The van der Waals surface area contributed by atoms with Gasteiger partial charge in [-0.2, -0.15) is 0 Å². The van der Waals surface area contributed by atoms with Crippen molar-refractivity contribution in [1.29, 1.82) is 0 Å². The van der Waals surface area contributed by atoms with Crippen molar-refractivity contribution in [2.24, 2.45) is 0 Å². The fraction of sp³-hybridized carbons (Fsp3) is 0.316. The maximum Gasteiger partial charge on any atom is 0.257 e. The fourth-order valence-corrected chi connectivity index (χ4v) is 3.23. The van der Waals surface area contributed by atoms with Gasteiger partial charge in [0.05, 0.1) is 16.2 Å². The molecular formula is C19H22ClN5O2. The number of fused-ring (bicyclic) bond motifs is 1. The number of aryl methyl sites for hydroxylation is 1. The van der Waals surface area contributed by atoms with Crippen molar-refractivity contribution in [1.82, 2.24) is 20.2 Å². The molecule has 0 unspecified atom stereocenters. The van der Waals surface area contributed by atoms with E-state index in [1.165, 1.54) is 6.20 Å². The van der Waals surface area contributed by atoms with Crippen LogP contribution in [0, 0.1) is 13.8 Å². The Morgan fingerprint density at radius 3 is 2.81 bits per heavy atom. The summed E-state index contributed by atoms with van der Waals surface area (Å²) in [6.45, 7) is 5.03. The van der Waals surface area contributed by atoms with E-state index in [9.17, 15) is 9.59 Å². The number of nitrogens with one attached hydrogen (secondary N) is 3. The SMILES string of the molecule is Cc1[nH]c(/C=C2\C(=O)Nc3ncc(Cl)cc32)c(C)c1C(=O)NCCN(C)C. The van der Waals surface area contributed by atoms with Crippen LogP contribution in [0.25, 0.3) is 11.6 Å². The lowest BCUT2D eigenvalue weighted by atomic mass is 10.0. The summed E-state index contributed by atoms with van der Waals surface area (Å²) in [5.41, 5.74) is 3.97. The van der Waals surface area contributed by atoms with Gasteiger partial charge < -0.3 is 20.5 Å². The molecule has 3 N–H and O–H groups in total. The molecule has 0 aliphatic carbocycles. The van der Waals surface area contributed by atoms with Gasteiger partial charge in [0, 0.05) is 36.2 Å². The van der Waals surface area contributed by atoms with E-state index in [2.05, 4.69) is 20.6 Å². The molecule has 3 rings (SSSR count). The highest BCUT2D eigenvalue weighted by molar-refractivity contribution is 6.36. The summed E-state index contributed by atoms with van der Waals surface area (Å²) in [6, 6.07) is 1.70. The quantitative estimate of drug-likeness (QED) is 0.687. The number of H-pyrrole nitrogens is 1. The Kier molecular flexibility index (Phi) is 5.34. The second-order valence-corrected chi connectivity index (χ2v) is 7.22. The molecule has 1 aliphatic rings. The van der Waals surface area contributed by atoms with Gasteiger partial charge >= 0.3 is 0 Å². The summed E-state index contributed by atoms with van der Waals surface area (Å²) in [7, 11) is 3.91. The second kappa shape index (κ2) is 7.54. The van der Waals surface area contributed by atoms with Crippen LogP contribution in [0.1, 0.15) is 32.9 Å². The number of carbonyl (C=O) groups excluding carboxylic acids is 2. The highest BCUT2D eigenvalue weighted by atomic mass is 35.5. The molecule has 8 heteroatoms. The number of aromatic nitrogens is 2. The number of rotatable bonds is 5. The fourth-order valence-electron chi connectivity index (χ4n) is 3.07. The first-order chi connectivity index (χ1) is 12.8. The van der Waals surface area contributed by atoms with Crippen LogP contribution in [-0.4, -0.2) is 53.9 Å². The molecule has 3 heterocycles. The molecule has 142 valence electrons. The lowest BCUT2D eigenvalue weighted by Gasteiger charge is -2.10. The van der Waals surface area contributed by atoms with E-state index in [4.69, 9.17) is 11.6 Å². The number of amides is 2. The number of anilines is 1. The van der Waals surface area contributed by atoms with E-state index < -0.39 is 0 Å². The standard InChI is InChI=1S/C19H22ClN5O2/c1-10-15(23-11(2)16(10)19(27)21-5-6-25(3)4)8-14-13-7-12(20)9-22-17(13)24-18(14)26/h7-9,23H,5-6H2,1-4H3,(H,21,27)(H,22,24,26)/b14-8-. The number of likely N-dealkylation sites (N-methyl/N-ethyl adjacent to an activating group) is 1. The smallest absolute Gasteiger partial charge is 0.257 e. The Morgan fingerprint density at radius 1 is 1.37 bits per heavy atom. The maximum absolute atomic E-state index is 12.5. The van der Waals surface area contributed by atoms with Gasteiger partial charge in [-0.05, 0) is 45.6 Å². The van der Waals surface area contributed by atoms with Crippen molar-refractivity contribution in [3.8, 4) is 0 Å². The minimum absolute atomic E-state index is 0.131. The van der Waals surface area contributed by atoms with E-state index in [0.717, 1.165) is 17.8 Å². The molecular weight excluding hydrogens is 366 g/mol. The van der Waals surface area contributed by atoms with Gasteiger partial charge in [-0.15, -0.1) is 0 Å². The normalized spacial score (nSPS) is 14.6. The van der Waals surface area contributed by atoms with Gasteiger partial charge in [-0.1, -0.05) is 11.6 Å². The Labute approximate surface area is 162 Å². The van der Waals surface area contributed by atoms with Crippen molar-refractivity contribution >= 4 is 40.9 Å². The summed E-state index contributed by atoms with van der Waals surface area (Å²) >= 11 is 6.02. The zero-order valence-corrected chi connectivity index (χ0v) is 16.5. The van der Waals surface area contributed by atoms with Gasteiger partial charge in [0.25, 0.3) is 11.8 Å². The lowest BCUT2D eigenvalue weighted by Crippen LogP contribution is -2.31. The average molecular weight is 388 g/mol. The van der Waals surface area contributed by atoms with Crippen LogP contribution < -0.4 is 10.6 Å². The molecule has 0 atom stereocenters. The second-order valence-electron chi connectivity index (χ2n) is 6.78. The van der Waals surface area contributed by atoms with Crippen molar-refractivity contribution in [2.75, 3.05) is 32.5 Å². The third-order valence-electron chi connectivity index (χ3n) is 4.46. The van der Waals surface area contributed by atoms with Crippen LogP contribution in [0.3, 0.4) is 0 Å². The first-order valence-corrected chi connectivity index (χ1v) is 8.96. The largest absolute Gasteiger partial charge is 0.358 e. The highest BCUT2D eigenvalue weighted by Crippen LogP contribution is 2.34. The Morgan fingerprint density at radius 2 is 2.11 bits per heavy atom. The third-order valence-corrected chi connectivity index (χ3v) is 4.66. The van der Waals surface area contributed by atoms with Gasteiger partial charge in [-0.3, -0.25) is 9.59 Å². The molecule has 0 bridgehead atoms. The van der Waals surface area contributed by atoms with Crippen molar-refractivity contribution in [3.05, 3.63) is 45.4 Å². The van der Waals surface area contributed by atoms with E-state index >= 15 is 0 Å². The minimum atomic E-state index is -0.247. The molecule has 0 saturated carbocycles. The maximum atomic E-state index is 12.5. The first kappa shape index (κ1) is 19.1. The van der Waals surface area contributed by atoms with E-state index in [-0.39, 0.29) is 11.8 Å². The number of hydrogen-bond donors (Lipinski definition) is 3. The van der Waals surface area contributed by atoms with Crippen molar-refractivity contribution in [2.45, 2.75) is 13.8 Å². The summed E-state index contributed by atoms with van der Waals surface area (Å²) < 4.78 is 0. The topological polar surface area (TPSA) is 90.1 Å². The number of nitrogens with zero attached hydrogens (tertiary/aromatic N) is 2. The predicted molar refractivity (Wildman–Crippen MR) is 107 cm³/mol. The van der Waals surface area contributed by atoms with E-state index in [1.807, 2.05) is 32.8 Å². The van der Waals surface area contributed by atoms with Crippen molar-refractivity contribution < 1.29 is 9.59 Å². The van der Waals surface area contributed by atoms with Gasteiger partial charge in [0.1, 0.15) is 5.82 Å². The molecule has 7 nitrogen and oxygen atoms in total. The monoisotopic (exact) mass is 387 g/mol.